The van der Waals surface area contributed by atoms with E-state index in [0.717, 1.165) is 28.3 Å². The number of rotatable bonds is 3. The van der Waals surface area contributed by atoms with Crippen molar-refractivity contribution in [2.24, 2.45) is 5.92 Å². The van der Waals surface area contributed by atoms with E-state index in [0.29, 0.717) is 5.56 Å². The largest absolute Gasteiger partial charge is 0.378 e. The maximum atomic E-state index is 11.6. The molecule has 1 aliphatic heterocycles. The van der Waals surface area contributed by atoms with Crippen LogP contribution in [0.25, 0.3) is 0 Å². The summed E-state index contributed by atoms with van der Waals surface area (Å²) >= 11 is 3.57. The molecule has 1 aromatic rings. The Balaban J connectivity index is 1.79. The Morgan fingerprint density at radius 3 is 2.76 bits per heavy atom. The van der Waals surface area contributed by atoms with Crippen molar-refractivity contribution in [1.82, 2.24) is 0 Å². The van der Waals surface area contributed by atoms with Crippen molar-refractivity contribution in [3.05, 3.63) is 22.2 Å². The van der Waals surface area contributed by atoms with Crippen molar-refractivity contribution >= 4 is 33.2 Å². The van der Waals surface area contributed by atoms with E-state index in [2.05, 4.69) is 33.2 Å². The van der Waals surface area contributed by atoms with Gasteiger partial charge in [-0.2, -0.15) is 0 Å². The standard InChI is InChI=1S/C16H21BrN2O2/c1-19(9-10-5-3-2-4-6-10)14-8-13-11(7-12(14)17)15(20)16(21)18-13/h7-8,10,15,20H,2-6,9H2,1H3,(H,18,21). The van der Waals surface area contributed by atoms with Gasteiger partial charge >= 0.3 is 0 Å². The third-order valence-electron chi connectivity index (χ3n) is 4.59. The number of aliphatic hydroxyl groups is 1. The highest BCUT2D eigenvalue weighted by molar-refractivity contribution is 9.10. The van der Waals surface area contributed by atoms with Gasteiger partial charge in [0.05, 0.1) is 5.69 Å². The summed E-state index contributed by atoms with van der Waals surface area (Å²) < 4.78 is 0.926. The fourth-order valence-corrected chi connectivity index (χ4v) is 4.07. The Labute approximate surface area is 133 Å². The number of carbonyl (C=O) groups is 1. The molecular formula is C16H21BrN2O2. The normalized spacial score (nSPS) is 22.0. The van der Waals surface area contributed by atoms with Crippen LogP contribution in [-0.4, -0.2) is 24.6 Å². The van der Waals surface area contributed by atoms with Gasteiger partial charge in [-0.15, -0.1) is 0 Å². The zero-order chi connectivity index (χ0) is 15.0. The molecule has 1 aromatic carbocycles. The molecular weight excluding hydrogens is 332 g/mol. The number of anilines is 2. The lowest BCUT2D eigenvalue weighted by Crippen LogP contribution is -2.27. The van der Waals surface area contributed by atoms with Gasteiger partial charge in [0.2, 0.25) is 0 Å². The smallest absolute Gasteiger partial charge is 0.257 e. The highest BCUT2D eigenvalue weighted by atomic mass is 79.9. The molecule has 1 aliphatic carbocycles. The van der Waals surface area contributed by atoms with Gasteiger partial charge in [0.25, 0.3) is 5.91 Å². The van der Waals surface area contributed by atoms with Crippen molar-refractivity contribution in [3.63, 3.8) is 0 Å². The van der Waals surface area contributed by atoms with E-state index < -0.39 is 6.10 Å². The number of nitrogens with one attached hydrogen (secondary N) is 1. The Kier molecular flexibility index (Phi) is 4.22. The summed E-state index contributed by atoms with van der Waals surface area (Å²) in [5.41, 5.74) is 2.44. The van der Waals surface area contributed by atoms with Crippen LogP contribution in [0.2, 0.25) is 0 Å². The molecule has 1 heterocycles. The molecule has 0 aromatic heterocycles. The van der Waals surface area contributed by atoms with Gasteiger partial charge in [0.1, 0.15) is 0 Å². The third kappa shape index (κ3) is 2.94. The van der Waals surface area contributed by atoms with Crippen molar-refractivity contribution in [2.75, 3.05) is 23.8 Å². The monoisotopic (exact) mass is 352 g/mol. The molecule has 114 valence electrons. The second-order valence-corrected chi connectivity index (χ2v) is 7.02. The van der Waals surface area contributed by atoms with Crippen LogP contribution in [-0.2, 0) is 4.79 Å². The first-order chi connectivity index (χ1) is 10.1. The van der Waals surface area contributed by atoms with E-state index in [1.807, 2.05) is 12.1 Å². The Morgan fingerprint density at radius 2 is 2.05 bits per heavy atom. The van der Waals surface area contributed by atoms with E-state index >= 15 is 0 Å². The number of amides is 1. The fourth-order valence-electron chi connectivity index (χ4n) is 3.40. The van der Waals surface area contributed by atoms with E-state index in [1.54, 1.807) is 0 Å². The van der Waals surface area contributed by atoms with Crippen molar-refractivity contribution in [1.29, 1.82) is 0 Å². The molecule has 0 radical (unpaired) electrons. The molecule has 3 rings (SSSR count). The quantitative estimate of drug-likeness (QED) is 0.875. The van der Waals surface area contributed by atoms with Crippen LogP contribution in [0.3, 0.4) is 0 Å². The lowest BCUT2D eigenvalue weighted by atomic mass is 9.89. The van der Waals surface area contributed by atoms with Crippen LogP contribution >= 0.6 is 15.9 Å². The van der Waals surface area contributed by atoms with Crippen molar-refractivity contribution in [3.8, 4) is 0 Å². The lowest BCUT2D eigenvalue weighted by Gasteiger charge is -2.29. The maximum absolute atomic E-state index is 11.6. The third-order valence-corrected chi connectivity index (χ3v) is 5.22. The molecule has 1 unspecified atom stereocenters. The molecule has 5 heteroatoms. The number of aliphatic hydroxyl groups excluding tert-OH is 1. The predicted octanol–water partition coefficient (Wildman–Crippen LogP) is 3.45. The Hall–Kier alpha value is -1.07. The van der Waals surface area contributed by atoms with Gasteiger partial charge in [-0.1, -0.05) is 19.3 Å². The maximum Gasteiger partial charge on any atom is 0.257 e. The second kappa shape index (κ2) is 5.97. The molecule has 1 saturated carbocycles. The number of hydrogen-bond donors (Lipinski definition) is 2. The van der Waals surface area contributed by atoms with Gasteiger partial charge in [-0.3, -0.25) is 4.79 Å². The number of halogens is 1. The number of fused-ring (bicyclic) bond motifs is 1. The minimum atomic E-state index is -1.05. The van der Waals surface area contributed by atoms with Gasteiger partial charge in [-0.05, 0) is 46.8 Å². The average molecular weight is 353 g/mol. The zero-order valence-electron chi connectivity index (χ0n) is 12.2. The number of nitrogens with zero attached hydrogens (tertiary/aromatic N) is 1. The zero-order valence-corrected chi connectivity index (χ0v) is 13.8. The predicted molar refractivity (Wildman–Crippen MR) is 87.6 cm³/mol. The first-order valence-corrected chi connectivity index (χ1v) is 8.39. The molecule has 0 spiro atoms. The molecule has 0 bridgehead atoms. The van der Waals surface area contributed by atoms with Gasteiger partial charge in [0, 0.05) is 29.3 Å². The number of hydrogen-bond acceptors (Lipinski definition) is 3. The first kappa shape index (κ1) is 14.9. The molecule has 1 fully saturated rings. The summed E-state index contributed by atoms with van der Waals surface area (Å²) in [5, 5.41) is 12.6. The summed E-state index contributed by atoms with van der Waals surface area (Å²) in [6.45, 7) is 1.04. The highest BCUT2D eigenvalue weighted by Gasteiger charge is 2.30. The summed E-state index contributed by atoms with van der Waals surface area (Å²) in [6.07, 6.45) is 5.62. The molecule has 0 saturated heterocycles. The molecule has 21 heavy (non-hydrogen) atoms. The van der Waals surface area contributed by atoms with E-state index in [-0.39, 0.29) is 5.91 Å². The van der Waals surface area contributed by atoms with E-state index in [1.165, 1.54) is 32.1 Å². The summed E-state index contributed by atoms with van der Waals surface area (Å²) in [6, 6.07) is 3.81. The van der Waals surface area contributed by atoms with Crippen molar-refractivity contribution < 1.29 is 9.90 Å². The Morgan fingerprint density at radius 1 is 1.33 bits per heavy atom. The number of carbonyl (C=O) groups excluding carboxylic acids is 1. The van der Waals surface area contributed by atoms with Crippen LogP contribution < -0.4 is 10.2 Å². The molecule has 4 nitrogen and oxygen atoms in total. The highest BCUT2D eigenvalue weighted by Crippen LogP contribution is 2.39. The topological polar surface area (TPSA) is 52.6 Å². The first-order valence-electron chi connectivity index (χ1n) is 7.60. The van der Waals surface area contributed by atoms with Gasteiger partial charge in [-0.25, -0.2) is 0 Å². The van der Waals surface area contributed by atoms with Crippen LogP contribution in [0.1, 0.15) is 43.8 Å². The van der Waals surface area contributed by atoms with Crippen molar-refractivity contribution in [2.45, 2.75) is 38.2 Å². The van der Waals surface area contributed by atoms with Gasteiger partial charge in [0.15, 0.2) is 6.10 Å². The minimum absolute atomic E-state index is 0.344. The van der Waals surface area contributed by atoms with Gasteiger partial charge < -0.3 is 15.3 Å². The van der Waals surface area contributed by atoms with Crippen LogP contribution in [0.15, 0.2) is 16.6 Å². The summed E-state index contributed by atoms with van der Waals surface area (Å²) in [4.78, 5) is 13.8. The molecule has 1 amide bonds. The molecule has 2 N–H and O–H groups in total. The molecule has 1 atom stereocenters. The lowest BCUT2D eigenvalue weighted by molar-refractivity contribution is -0.123. The second-order valence-electron chi connectivity index (χ2n) is 6.17. The average Bonchev–Trinajstić information content (AvgIpc) is 2.74. The Bertz CT molecular complexity index is 555. The number of benzene rings is 1. The van der Waals surface area contributed by atoms with Crippen LogP contribution in [0.5, 0.6) is 0 Å². The molecule has 2 aliphatic rings. The minimum Gasteiger partial charge on any atom is -0.378 e. The van der Waals surface area contributed by atoms with Crippen LogP contribution in [0.4, 0.5) is 11.4 Å². The van der Waals surface area contributed by atoms with E-state index in [9.17, 15) is 9.90 Å². The van der Waals surface area contributed by atoms with Crippen LogP contribution in [0, 0.1) is 5.92 Å². The summed E-state index contributed by atoms with van der Waals surface area (Å²) in [5.74, 6) is 0.410. The fraction of sp³-hybridized carbons (Fsp3) is 0.562. The summed E-state index contributed by atoms with van der Waals surface area (Å²) in [7, 11) is 2.09. The SMILES string of the molecule is CN(CC1CCCCC1)c1cc2c(cc1Br)C(O)C(=O)N2. The van der Waals surface area contributed by atoms with E-state index in [4.69, 9.17) is 0 Å².